The van der Waals surface area contributed by atoms with Gasteiger partial charge in [0.2, 0.25) is 21.8 Å². The van der Waals surface area contributed by atoms with E-state index in [1.54, 1.807) is 24.3 Å². The number of anilines is 1. The number of nitrogens with zero attached hydrogens (tertiary/aromatic N) is 2. The molecule has 0 unspecified atom stereocenters. The standard InChI is InChI=1S/C24H31N3O5S/c1-32-22-7-3-6-21(16-22)27(33(2,30)31)15-4-8-23(28)25-17-19-10-12-20(13-11-19)18-26-14-5-9-24(26)29/h3,6-7,10-13,16H,4-5,8-9,14-15,17-18H2,1-2H3,(H,25,28). The number of likely N-dealkylation sites (tertiary alicyclic amines) is 1. The Bertz CT molecular complexity index is 1070. The maximum atomic E-state index is 12.3. The van der Waals surface area contributed by atoms with Gasteiger partial charge in [0.15, 0.2) is 0 Å². The van der Waals surface area contributed by atoms with Crippen molar-refractivity contribution >= 4 is 27.5 Å². The molecule has 2 aromatic rings. The zero-order chi connectivity index (χ0) is 23.8. The summed E-state index contributed by atoms with van der Waals surface area (Å²) in [6.45, 7) is 2.03. The zero-order valence-electron chi connectivity index (χ0n) is 19.1. The normalized spacial score (nSPS) is 13.8. The number of nitrogens with one attached hydrogen (secondary N) is 1. The van der Waals surface area contributed by atoms with Crippen LogP contribution in [0.2, 0.25) is 0 Å². The minimum absolute atomic E-state index is 0.138. The average molecular weight is 474 g/mol. The number of benzene rings is 2. The van der Waals surface area contributed by atoms with Crippen LogP contribution < -0.4 is 14.4 Å². The summed E-state index contributed by atoms with van der Waals surface area (Å²) >= 11 is 0. The number of rotatable bonds is 11. The first kappa shape index (κ1) is 24.6. The smallest absolute Gasteiger partial charge is 0.232 e. The molecule has 1 saturated heterocycles. The lowest BCUT2D eigenvalue weighted by atomic mass is 10.1. The Morgan fingerprint density at radius 3 is 2.52 bits per heavy atom. The van der Waals surface area contributed by atoms with E-state index in [0.717, 1.165) is 30.3 Å². The van der Waals surface area contributed by atoms with Gasteiger partial charge in [-0.3, -0.25) is 13.9 Å². The molecule has 1 fully saturated rings. The van der Waals surface area contributed by atoms with Gasteiger partial charge in [-0.2, -0.15) is 0 Å². The van der Waals surface area contributed by atoms with E-state index >= 15 is 0 Å². The maximum Gasteiger partial charge on any atom is 0.232 e. The predicted molar refractivity (Wildman–Crippen MR) is 127 cm³/mol. The summed E-state index contributed by atoms with van der Waals surface area (Å²) < 4.78 is 30.9. The van der Waals surface area contributed by atoms with Crippen LogP contribution in [0.4, 0.5) is 5.69 Å². The van der Waals surface area contributed by atoms with E-state index in [1.165, 1.54) is 11.4 Å². The molecule has 0 radical (unpaired) electrons. The van der Waals surface area contributed by atoms with Crippen LogP contribution in [0.5, 0.6) is 5.75 Å². The highest BCUT2D eigenvalue weighted by atomic mass is 32.2. The van der Waals surface area contributed by atoms with E-state index in [-0.39, 0.29) is 24.8 Å². The van der Waals surface area contributed by atoms with Gasteiger partial charge >= 0.3 is 0 Å². The van der Waals surface area contributed by atoms with Crippen molar-refractivity contribution in [3.63, 3.8) is 0 Å². The number of hydrogen-bond donors (Lipinski definition) is 1. The van der Waals surface area contributed by atoms with Crippen molar-refractivity contribution in [3.8, 4) is 5.75 Å². The first-order valence-corrected chi connectivity index (χ1v) is 12.8. The summed E-state index contributed by atoms with van der Waals surface area (Å²) in [5.74, 6) is 0.630. The molecule has 0 aromatic heterocycles. The highest BCUT2D eigenvalue weighted by molar-refractivity contribution is 7.92. The molecule has 3 rings (SSSR count). The molecule has 1 heterocycles. The highest BCUT2D eigenvalue weighted by Gasteiger charge is 2.20. The molecule has 33 heavy (non-hydrogen) atoms. The Morgan fingerprint density at radius 1 is 1.15 bits per heavy atom. The van der Waals surface area contributed by atoms with Gasteiger partial charge < -0.3 is 15.0 Å². The zero-order valence-corrected chi connectivity index (χ0v) is 19.9. The van der Waals surface area contributed by atoms with Crippen molar-refractivity contribution in [3.05, 3.63) is 59.7 Å². The number of methoxy groups -OCH3 is 1. The van der Waals surface area contributed by atoms with E-state index < -0.39 is 10.0 Å². The molecule has 2 amide bonds. The molecule has 0 bridgehead atoms. The predicted octanol–water partition coefficient (Wildman–Crippen LogP) is 2.68. The van der Waals surface area contributed by atoms with Crippen LogP contribution in [-0.4, -0.2) is 51.6 Å². The molecule has 1 aliphatic heterocycles. The molecule has 0 spiro atoms. The van der Waals surface area contributed by atoms with Crippen LogP contribution in [0.25, 0.3) is 0 Å². The van der Waals surface area contributed by atoms with Crippen LogP contribution in [0.3, 0.4) is 0 Å². The summed E-state index contributed by atoms with van der Waals surface area (Å²) in [6.07, 6.45) is 3.30. The Morgan fingerprint density at radius 2 is 1.88 bits per heavy atom. The fraction of sp³-hybridized carbons (Fsp3) is 0.417. The molecule has 1 aliphatic rings. The quantitative estimate of drug-likeness (QED) is 0.541. The summed E-state index contributed by atoms with van der Waals surface area (Å²) in [7, 11) is -1.97. The molecule has 1 N–H and O–H groups in total. The topological polar surface area (TPSA) is 96.0 Å². The summed E-state index contributed by atoms with van der Waals surface area (Å²) in [6, 6.07) is 14.7. The van der Waals surface area contributed by atoms with Gasteiger partial charge in [0.1, 0.15) is 5.75 Å². The Balaban J connectivity index is 1.46. The summed E-state index contributed by atoms with van der Waals surface area (Å²) in [4.78, 5) is 25.9. The van der Waals surface area contributed by atoms with Crippen LogP contribution in [-0.2, 0) is 32.7 Å². The van der Waals surface area contributed by atoms with E-state index in [1.807, 2.05) is 29.2 Å². The number of carbonyl (C=O) groups is 2. The summed E-state index contributed by atoms with van der Waals surface area (Å²) in [5.41, 5.74) is 2.54. The summed E-state index contributed by atoms with van der Waals surface area (Å²) in [5, 5.41) is 2.88. The van der Waals surface area contributed by atoms with Gasteiger partial charge in [0, 0.05) is 45.1 Å². The minimum Gasteiger partial charge on any atom is -0.497 e. The fourth-order valence-corrected chi connectivity index (χ4v) is 4.74. The Kier molecular flexibility index (Phi) is 8.32. The van der Waals surface area contributed by atoms with Crippen molar-refractivity contribution in [2.24, 2.45) is 0 Å². The molecule has 2 aromatic carbocycles. The molecule has 9 heteroatoms. The lowest BCUT2D eigenvalue weighted by Gasteiger charge is -2.22. The van der Waals surface area contributed by atoms with Crippen molar-refractivity contribution in [2.45, 2.75) is 38.8 Å². The molecule has 0 aliphatic carbocycles. The van der Waals surface area contributed by atoms with Crippen LogP contribution in [0.15, 0.2) is 48.5 Å². The van der Waals surface area contributed by atoms with E-state index in [9.17, 15) is 18.0 Å². The molecule has 0 saturated carbocycles. The van der Waals surface area contributed by atoms with Gasteiger partial charge in [0.25, 0.3) is 0 Å². The second-order valence-corrected chi connectivity index (χ2v) is 10.1. The lowest BCUT2D eigenvalue weighted by Crippen LogP contribution is -2.32. The number of sulfonamides is 1. The van der Waals surface area contributed by atoms with Gasteiger partial charge in [-0.25, -0.2) is 8.42 Å². The number of ether oxygens (including phenoxy) is 1. The van der Waals surface area contributed by atoms with Crippen LogP contribution >= 0.6 is 0 Å². The third kappa shape index (κ3) is 7.21. The first-order valence-electron chi connectivity index (χ1n) is 11.0. The molecular formula is C24H31N3O5S. The van der Waals surface area contributed by atoms with Gasteiger partial charge in [0.05, 0.1) is 19.1 Å². The third-order valence-electron chi connectivity index (χ3n) is 5.56. The second-order valence-electron chi connectivity index (χ2n) is 8.15. The SMILES string of the molecule is COc1cccc(N(CCCC(=O)NCc2ccc(CN3CCCC3=O)cc2)S(C)(=O)=O)c1. The van der Waals surface area contributed by atoms with Gasteiger partial charge in [-0.1, -0.05) is 30.3 Å². The molecule has 8 nitrogen and oxygen atoms in total. The largest absolute Gasteiger partial charge is 0.497 e. The van der Waals surface area contributed by atoms with Gasteiger partial charge in [-0.05, 0) is 36.1 Å². The molecule has 178 valence electrons. The number of carbonyl (C=O) groups excluding carboxylic acids is 2. The van der Waals surface area contributed by atoms with Crippen LogP contribution in [0.1, 0.15) is 36.8 Å². The van der Waals surface area contributed by atoms with Crippen LogP contribution in [0, 0.1) is 0 Å². The first-order chi connectivity index (χ1) is 15.8. The minimum atomic E-state index is -3.49. The Labute approximate surface area is 195 Å². The number of amides is 2. The third-order valence-corrected chi connectivity index (χ3v) is 6.76. The van der Waals surface area contributed by atoms with Crippen molar-refractivity contribution in [1.82, 2.24) is 10.2 Å². The van der Waals surface area contributed by atoms with Crippen molar-refractivity contribution < 1.29 is 22.7 Å². The van der Waals surface area contributed by atoms with E-state index in [4.69, 9.17) is 4.74 Å². The van der Waals surface area contributed by atoms with E-state index in [2.05, 4.69) is 5.32 Å². The lowest BCUT2D eigenvalue weighted by molar-refractivity contribution is -0.128. The average Bonchev–Trinajstić information content (AvgIpc) is 3.19. The fourth-order valence-electron chi connectivity index (χ4n) is 3.78. The second kappa shape index (κ2) is 11.2. The van der Waals surface area contributed by atoms with Crippen molar-refractivity contribution in [1.29, 1.82) is 0 Å². The highest BCUT2D eigenvalue weighted by Crippen LogP contribution is 2.23. The van der Waals surface area contributed by atoms with E-state index in [0.29, 0.717) is 37.4 Å². The number of hydrogen-bond acceptors (Lipinski definition) is 5. The van der Waals surface area contributed by atoms with Gasteiger partial charge in [-0.15, -0.1) is 0 Å². The Hall–Kier alpha value is -3.07. The molecular weight excluding hydrogens is 442 g/mol. The molecule has 0 atom stereocenters. The monoisotopic (exact) mass is 473 g/mol. The maximum absolute atomic E-state index is 12.3. The van der Waals surface area contributed by atoms with Crippen molar-refractivity contribution in [2.75, 3.05) is 30.8 Å².